The second kappa shape index (κ2) is 7.79. The molecule has 2 nitrogen and oxygen atoms in total. The number of fused-ring (bicyclic) bond motifs is 2. The predicted octanol–water partition coefficient (Wildman–Crippen LogP) is 7.64. The smallest absolute Gasteiger partial charge is 0.129 e. The average molecular weight is 402 g/mol. The molecule has 148 valence electrons. The lowest BCUT2D eigenvalue weighted by atomic mass is 9.88. The lowest BCUT2D eigenvalue weighted by molar-refractivity contribution is 0.131. The van der Waals surface area contributed by atoms with Gasteiger partial charge in [0, 0.05) is 26.4 Å². The molecule has 1 saturated carbocycles. The Morgan fingerprint density at radius 3 is 2.79 bits per heavy atom. The van der Waals surface area contributed by atoms with Gasteiger partial charge in [0.15, 0.2) is 0 Å². The number of aryl methyl sites for hydroxylation is 1. The van der Waals surface area contributed by atoms with Gasteiger partial charge in [0.25, 0.3) is 0 Å². The van der Waals surface area contributed by atoms with Crippen molar-refractivity contribution in [3.05, 3.63) is 59.5 Å². The van der Waals surface area contributed by atoms with Crippen LogP contribution in [-0.4, -0.2) is 11.1 Å². The van der Waals surface area contributed by atoms with E-state index in [0.29, 0.717) is 6.10 Å². The fourth-order valence-electron chi connectivity index (χ4n) is 4.63. The lowest BCUT2D eigenvalue weighted by Crippen LogP contribution is -2.24. The van der Waals surface area contributed by atoms with Crippen molar-refractivity contribution in [2.24, 2.45) is 5.92 Å². The van der Waals surface area contributed by atoms with Crippen LogP contribution in [0.25, 0.3) is 32.2 Å². The number of aromatic nitrogens is 1. The van der Waals surface area contributed by atoms with Crippen LogP contribution in [0.4, 0.5) is 0 Å². The maximum Gasteiger partial charge on any atom is 0.129 e. The van der Waals surface area contributed by atoms with Crippen LogP contribution in [0, 0.1) is 5.92 Å². The highest BCUT2D eigenvalue weighted by atomic mass is 32.1. The summed E-state index contributed by atoms with van der Waals surface area (Å²) in [5.74, 6) is 1.75. The number of thiophene rings is 1. The second-order valence-corrected chi connectivity index (χ2v) is 9.24. The van der Waals surface area contributed by atoms with Gasteiger partial charge in [-0.1, -0.05) is 44.5 Å². The van der Waals surface area contributed by atoms with Crippen molar-refractivity contribution < 1.29 is 4.74 Å². The minimum atomic E-state index is 0.329. The number of hydrogen-bond acceptors (Lipinski definition) is 3. The number of pyridine rings is 1. The SMILES string of the molecule is CCc1ccc(O[C@@H]2CCC[C@@H](C)C2)c2ccc(-c3csc4ccccc34)nc12. The van der Waals surface area contributed by atoms with Crippen LogP contribution in [0.2, 0.25) is 0 Å². The van der Waals surface area contributed by atoms with Crippen LogP contribution in [0.15, 0.2) is 53.9 Å². The van der Waals surface area contributed by atoms with Crippen LogP contribution in [0.3, 0.4) is 0 Å². The molecule has 0 amide bonds. The highest BCUT2D eigenvalue weighted by molar-refractivity contribution is 7.17. The Morgan fingerprint density at radius 1 is 1.03 bits per heavy atom. The number of hydrogen-bond donors (Lipinski definition) is 0. The Morgan fingerprint density at radius 2 is 1.93 bits per heavy atom. The van der Waals surface area contributed by atoms with E-state index in [2.05, 4.69) is 67.8 Å². The van der Waals surface area contributed by atoms with E-state index in [1.807, 2.05) is 0 Å². The Labute approximate surface area is 176 Å². The molecule has 4 aromatic rings. The van der Waals surface area contributed by atoms with Crippen molar-refractivity contribution in [2.75, 3.05) is 0 Å². The molecule has 2 aromatic carbocycles. The molecule has 2 heterocycles. The fraction of sp³-hybridized carbons (Fsp3) is 0.346. The molecule has 2 atom stereocenters. The van der Waals surface area contributed by atoms with Crippen LogP contribution in [-0.2, 0) is 6.42 Å². The van der Waals surface area contributed by atoms with Gasteiger partial charge in [-0.15, -0.1) is 11.3 Å². The molecule has 1 aliphatic carbocycles. The first-order valence-electron chi connectivity index (χ1n) is 10.8. The van der Waals surface area contributed by atoms with E-state index in [0.717, 1.165) is 47.5 Å². The van der Waals surface area contributed by atoms with Gasteiger partial charge < -0.3 is 4.74 Å². The predicted molar refractivity (Wildman–Crippen MR) is 124 cm³/mol. The molecule has 0 spiro atoms. The third kappa shape index (κ3) is 3.53. The fourth-order valence-corrected chi connectivity index (χ4v) is 5.58. The molecule has 0 radical (unpaired) electrons. The third-order valence-corrected chi connectivity index (χ3v) is 7.18. The Hall–Kier alpha value is -2.39. The van der Waals surface area contributed by atoms with Crippen LogP contribution >= 0.6 is 11.3 Å². The molecular formula is C26H27NOS. The molecule has 1 aliphatic rings. The van der Waals surface area contributed by atoms with Gasteiger partial charge >= 0.3 is 0 Å². The summed E-state index contributed by atoms with van der Waals surface area (Å²) in [6.07, 6.45) is 6.21. The maximum absolute atomic E-state index is 6.50. The molecule has 0 aliphatic heterocycles. The summed E-state index contributed by atoms with van der Waals surface area (Å²) >= 11 is 1.79. The number of benzene rings is 2. The molecule has 0 N–H and O–H groups in total. The van der Waals surface area contributed by atoms with Crippen molar-refractivity contribution in [3.63, 3.8) is 0 Å². The third-order valence-electron chi connectivity index (χ3n) is 6.22. The van der Waals surface area contributed by atoms with Gasteiger partial charge in [0.1, 0.15) is 5.75 Å². The molecular weight excluding hydrogens is 374 g/mol. The second-order valence-electron chi connectivity index (χ2n) is 8.33. The molecule has 0 unspecified atom stereocenters. The van der Waals surface area contributed by atoms with Crippen LogP contribution in [0.5, 0.6) is 5.75 Å². The maximum atomic E-state index is 6.50. The minimum absolute atomic E-state index is 0.329. The van der Waals surface area contributed by atoms with E-state index in [9.17, 15) is 0 Å². The van der Waals surface area contributed by atoms with Gasteiger partial charge in [-0.05, 0) is 61.4 Å². The summed E-state index contributed by atoms with van der Waals surface area (Å²) < 4.78 is 7.81. The number of ether oxygens (including phenoxy) is 1. The molecule has 2 aromatic heterocycles. The van der Waals surface area contributed by atoms with Crippen molar-refractivity contribution in [1.29, 1.82) is 0 Å². The van der Waals surface area contributed by atoms with Crippen molar-refractivity contribution in [3.8, 4) is 17.0 Å². The average Bonchev–Trinajstić information content (AvgIpc) is 3.18. The van der Waals surface area contributed by atoms with E-state index < -0.39 is 0 Å². The van der Waals surface area contributed by atoms with E-state index in [1.54, 1.807) is 11.3 Å². The minimum Gasteiger partial charge on any atom is -0.490 e. The van der Waals surface area contributed by atoms with E-state index in [-0.39, 0.29) is 0 Å². The normalized spacial score (nSPS) is 19.7. The zero-order chi connectivity index (χ0) is 19.8. The van der Waals surface area contributed by atoms with Gasteiger partial charge in [-0.3, -0.25) is 0 Å². The molecule has 0 bridgehead atoms. The van der Waals surface area contributed by atoms with Gasteiger partial charge in [-0.2, -0.15) is 0 Å². The number of rotatable bonds is 4. The molecule has 29 heavy (non-hydrogen) atoms. The summed E-state index contributed by atoms with van der Waals surface area (Å²) in [4.78, 5) is 5.13. The zero-order valence-corrected chi connectivity index (χ0v) is 18.0. The Balaban J connectivity index is 1.58. The van der Waals surface area contributed by atoms with Crippen LogP contribution in [0.1, 0.15) is 45.1 Å². The molecule has 3 heteroatoms. The molecule has 0 saturated heterocycles. The van der Waals surface area contributed by atoms with Crippen molar-refractivity contribution in [2.45, 2.75) is 52.1 Å². The van der Waals surface area contributed by atoms with Gasteiger partial charge in [0.2, 0.25) is 0 Å². The summed E-state index contributed by atoms with van der Waals surface area (Å²) in [6, 6.07) is 17.3. The van der Waals surface area contributed by atoms with Crippen molar-refractivity contribution >= 4 is 32.3 Å². The first-order chi connectivity index (χ1) is 14.2. The molecule has 5 rings (SSSR count). The topological polar surface area (TPSA) is 22.1 Å². The Bertz CT molecular complexity index is 1160. The summed E-state index contributed by atoms with van der Waals surface area (Å²) in [6.45, 7) is 4.54. The largest absolute Gasteiger partial charge is 0.490 e. The quantitative estimate of drug-likeness (QED) is 0.350. The lowest BCUT2D eigenvalue weighted by Gasteiger charge is -2.28. The highest BCUT2D eigenvalue weighted by Gasteiger charge is 2.21. The van der Waals surface area contributed by atoms with Gasteiger partial charge in [0.05, 0.1) is 17.3 Å². The monoisotopic (exact) mass is 401 g/mol. The van der Waals surface area contributed by atoms with Gasteiger partial charge in [-0.25, -0.2) is 4.98 Å². The Kier molecular flexibility index (Phi) is 5.01. The first kappa shape index (κ1) is 18.6. The van der Waals surface area contributed by atoms with Crippen LogP contribution < -0.4 is 4.74 Å². The van der Waals surface area contributed by atoms with Crippen molar-refractivity contribution in [1.82, 2.24) is 4.98 Å². The first-order valence-corrected chi connectivity index (χ1v) is 11.7. The number of nitrogens with zero attached hydrogens (tertiary/aromatic N) is 1. The molecule has 1 fully saturated rings. The van der Waals surface area contributed by atoms with E-state index in [4.69, 9.17) is 9.72 Å². The summed E-state index contributed by atoms with van der Waals surface area (Å²) in [5.41, 5.74) is 4.64. The van der Waals surface area contributed by atoms with E-state index >= 15 is 0 Å². The standard InChI is InChI=1S/C26H27NOS/c1-3-18-11-14-24(28-19-8-6-7-17(2)15-19)21-12-13-23(27-26(18)21)22-16-29-25-10-5-4-9-20(22)25/h4-5,9-14,16-17,19H,3,6-8,15H2,1-2H3/t17-,19-/m1/s1. The zero-order valence-electron chi connectivity index (χ0n) is 17.2. The van der Waals surface area contributed by atoms with E-state index in [1.165, 1.54) is 34.1 Å². The highest BCUT2D eigenvalue weighted by Crippen LogP contribution is 2.37. The summed E-state index contributed by atoms with van der Waals surface area (Å²) in [5, 5.41) is 4.66. The summed E-state index contributed by atoms with van der Waals surface area (Å²) in [7, 11) is 0.